The molecule has 146 valence electrons. The van der Waals surface area contributed by atoms with Gasteiger partial charge in [-0.1, -0.05) is 26.0 Å². The maximum absolute atomic E-state index is 11.8. The number of anilines is 1. The number of carbonyl (C=O) groups excluding carboxylic acids is 1. The molecule has 0 saturated carbocycles. The molecule has 27 heavy (non-hydrogen) atoms. The fraction of sp³-hybridized carbons (Fsp3) is 0.429. The predicted molar refractivity (Wildman–Crippen MR) is 112 cm³/mol. The van der Waals surface area contributed by atoms with Crippen LogP contribution >= 0.6 is 0 Å². The zero-order valence-corrected chi connectivity index (χ0v) is 17.0. The van der Waals surface area contributed by atoms with Gasteiger partial charge in [-0.25, -0.2) is 4.99 Å². The number of guanidine groups is 1. The Balaban J connectivity index is 2.01. The molecule has 0 aliphatic carbocycles. The highest BCUT2D eigenvalue weighted by molar-refractivity contribution is 5.92. The van der Waals surface area contributed by atoms with Gasteiger partial charge in [0, 0.05) is 44.1 Å². The monoisotopic (exact) mass is 369 g/mol. The van der Waals surface area contributed by atoms with Gasteiger partial charge in [-0.05, 0) is 36.8 Å². The number of hydrogen-bond donors (Lipinski definition) is 2. The van der Waals surface area contributed by atoms with E-state index in [0.29, 0.717) is 6.54 Å². The highest BCUT2D eigenvalue weighted by atomic mass is 16.1. The molecule has 0 aliphatic rings. The molecule has 1 aromatic heterocycles. The Labute approximate surface area is 162 Å². The minimum atomic E-state index is -0.0308. The number of nitrogens with zero attached hydrogens (tertiary/aromatic N) is 3. The summed E-state index contributed by atoms with van der Waals surface area (Å²) in [6.07, 6.45) is 2.05. The molecular formula is C21H31N5O. The summed E-state index contributed by atoms with van der Waals surface area (Å²) in [4.78, 5) is 18.6. The quantitative estimate of drug-likeness (QED) is 0.582. The first kappa shape index (κ1) is 20.6. The number of aliphatic imine (C=N–C) groups is 1. The van der Waals surface area contributed by atoms with Gasteiger partial charge in [0.15, 0.2) is 5.96 Å². The van der Waals surface area contributed by atoms with E-state index in [9.17, 15) is 4.79 Å². The van der Waals surface area contributed by atoms with E-state index in [1.54, 1.807) is 0 Å². The van der Waals surface area contributed by atoms with Gasteiger partial charge in [-0.3, -0.25) is 4.79 Å². The van der Waals surface area contributed by atoms with Crippen molar-refractivity contribution in [3.05, 3.63) is 53.9 Å². The maximum atomic E-state index is 11.8. The normalized spacial score (nSPS) is 11.6. The molecule has 0 aliphatic heterocycles. The van der Waals surface area contributed by atoms with Gasteiger partial charge in [-0.2, -0.15) is 0 Å². The number of aromatic nitrogens is 1. The lowest BCUT2D eigenvalue weighted by Crippen LogP contribution is -2.38. The van der Waals surface area contributed by atoms with E-state index >= 15 is 0 Å². The summed E-state index contributed by atoms with van der Waals surface area (Å²) in [6.45, 7) is 8.02. The van der Waals surface area contributed by atoms with E-state index in [1.807, 2.05) is 64.5 Å². The Kier molecular flexibility index (Phi) is 7.46. The lowest BCUT2D eigenvalue weighted by molar-refractivity contribution is -0.118. The van der Waals surface area contributed by atoms with Crippen molar-refractivity contribution in [1.82, 2.24) is 14.8 Å². The van der Waals surface area contributed by atoms with Crippen molar-refractivity contribution >= 4 is 17.6 Å². The molecule has 0 bridgehead atoms. The maximum Gasteiger partial charge on any atom is 0.226 e. The number of aryl methyl sites for hydroxylation is 1. The van der Waals surface area contributed by atoms with Crippen LogP contribution in [-0.4, -0.2) is 34.9 Å². The van der Waals surface area contributed by atoms with E-state index in [1.165, 1.54) is 5.69 Å². The predicted octanol–water partition coefficient (Wildman–Crippen LogP) is 3.22. The first-order valence-corrected chi connectivity index (χ1v) is 9.40. The van der Waals surface area contributed by atoms with Crippen LogP contribution in [0.25, 0.3) is 0 Å². The molecule has 0 atom stereocenters. The van der Waals surface area contributed by atoms with E-state index in [4.69, 9.17) is 4.99 Å². The molecule has 0 unspecified atom stereocenters. The number of benzene rings is 1. The third-order valence-electron chi connectivity index (χ3n) is 4.30. The van der Waals surface area contributed by atoms with Gasteiger partial charge in [0.05, 0.1) is 13.1 Å². The summed E-state index contributed by atoms with van der Waals surface area (Å²) in [7, 11) is 4.09. The second-order valence-corrected chi connectivity index (χ2v) is 6.98. The largest absolute Gasteiger partial charge is 0.357 e. The Morgan fingerprint density at radius 1 is 1.22 bits per heavy atom. The van der Waals surface area contributed by atoms with E-state index in [2.05, 4.69) is 33.1 Å². The number of carbonyl (C=O) groups is 1. The topological polar surface area (TPSA) is 61.7 Å². The number of rotatable bonds is 7. The van der Waals surface area contributed by atoms with Crippen molar-refractivity contribution < 1.29 is 4.79 Å². The molecule has 2 rings (SSSR count). The van der Waals surface area contributed by atoms with Crippen molar-refractivity contribution in [2.75, 3.05) is 18.9 Å². The molecule has 0 saturated heterocycles. The molecule has 1 aromatic carbocycles. The molecule has 0 fully saturated rings. The summed E-state index contributed by atoms with van der Waals surface area (Å²) in [5, 5.41) is 6.25. The van der Waals surface area contributed by atoms with Gasteiger partial charge in [-0.15, -0.1) is 0 Å². The first-order chi connectivity index (χ1) is 12.9. The van der Waals surface area contributed by atoms with Gasteiger partial charge < -0.3 is 20.1 Å². The number of nitrogens with one attached hydrogen (secondary N) is 2. The van der Waals surface area contributed by atoms with Gasteiger partial charge in [0.2, 0.25) is 5.91 Å². The van der Waals surface area contributed by atoms with Crippen LogP contribution in [0.1, 0.15) is 32.0 Å². The Morgan fingerprint density at radius 3 is 2.48 bits per heavy atom. The van der Waals surface area contributed by atoms with Gasteiger partial charge in [0.1, 0.15) is 0 Å². The summed E-state index contributed by atoms with van der Waals surface area (Å²) in [5.41, 5.74) is 3.14. The van der Waals surface area contributed by atoms with Crippen LogP contribution < -0.4 is 10.6 Å². The van der Waals surface area contributed by atoms with E-state index < -0.39 is 0 Å². The fourth-order valence-corrected chi connectivity index (χ4v) is 2.59. The third-order valence-corrected chi connectivity index (χ3v) is 4.30. The van der Waals surface area contributed by atoms with Crippen LogP contribution in [0.4, 0.5) is 5.69 Å². The third kappa shape index (κ3) is 6.16. The van der Waals surface area contributed by atoms with Crippen LogP contribution in [0.5, 0.6) is 0 Å². The second kappa shape index (κ2) is 9.80. The first-order valence-electron chi connectivity index (χ1n) is 9.40. The van der Waals surface area contributed by atoms with E-state index in [0.717, 1.165) is 30.3 Å². The average molecular weight is 370 g/mol. The zero-order chi connectivity index (χ0) is 19.8. The molecule has 0 radical (unpaired) electrons. The van der Waals surface area contributed by atoms with Crippen LogP contribution in [0.15, 0.2) is 47.6 Å². The highest BCUT2D eigenvalue weighted by Gasteiger charge is 2.09. The number of amides is 1. The molecular weight excluding hydrogens is 338 g/mol. The summed E-state index contributed by atoms with van der Waals surface area (Å²) in [5.74, 6) is 0.866. The molecule has 6 nitrogen and oxygen atoms in total. The smallest absolute Gasteiger partial charge is 0.226 e. The standard InChI is InChI=1S/C21H31N5O/c1-6-22-21(26(5)15-19-8-7-13-25(19)4)23-14-17-9-11-18(12-10-17)24-20(27)16(2)3/h7-13,16H,6,14-15H2,1-5H3,(H,22,23)(H,24,27). The molecule has 0 spiro atoms. The Bertz CT molecular complexity index is 761. The van der Waals surface area contributed by atoms with Crippen LogP contribution in [0, 0.1) is 5.92 Å². The molecule has 1 heterocycles. The number of hydrogen-bond acceptors (Lipinski definition) is 2. The minimum absolute atomic E-state index is 0.0255. The van der Waals surface area contributed by atoms with Crippen molar-refractivity contribution in [1.29, 1.82) is 0 Å². The van der Waals surface area contributed by atoms with E-state index in [-0.39, 0.29) is 11.8 Å². The Morgan fingerprint density at radius 2 is 1.93 bits per heavy atom. The van der Waals surface area contributed by atoms with Crippen molar-refractivity contribution in [2.45, 2.75) is 33.9 Å². The fourth-order valence-electron chi connectivity index (χ4n) is 2.59. The SMILES string of the molecule is CCNC(=NCc1ccc(NC(=O)C(C)C)cc1)N(C)Cc1cccn1C. The van der Waals surface area contributed by atoms with Crippen molar-refractivity contribution in [3.8, 4) is 0 Å². The van der Waals surface area contributed by atoms with Crippen LogP contribution in [-0.2, 0) is 24.9 Å². The average Bonchev–Trinajstić information content (AvgIpc) is 3.04. The Hall–Kier alpha value is -2.76. The van der Waals surface area contributed by atoms with Crippen LogP contribution in [0.2, 0.25) is 0 Å². The lowest BCUT2D eigenvalue weighted by atomic mass is 10.2. The minimum Gasteiger partial charge on any atom is -0.357 e. The summed E-state index contributed by atoms with van der Waals surface area (Å²) in [6, 6.07) is 12.0. The summed E-state index contributed by atoms with van der Waals surface area (Å²) >= 11 is 0. The lowest BCUT2D eigenvalue weighted by Gasteiger charge is -2.22. The highest BCUT2D eigenvalue weighted by Crippen LogP contribution is 2.12. The van der Waals surface area contributed by atoms with Crippen LogP contribution in [0.3, 0.4) is 0 Å². The van der Waals surface area contributed by atoms with Crippen molar-refractivity contribution in [3.63, 3.8) is 0 Å². The molecule has 6 heteroatoms. The van der Waals surface area contributed by atoms with Gasteiger partial charge in [0.25, 0.3) is 0 Å². The van der Waals surface area contributed by atoms with Crippen molar-refractivity contribution in [2.24, 2.45) is 18.0 Å². The zero-order valence-electron chi connectivity index (χ0n) is 17.0. The molecule has 2 aromatic rings. The van der Waals surface area contributed by atoms with Gasteiger partial charge >= 0.3 is 0 Å². The molecule has 1 amide bonds. The second-order valence-electron chi connectivity index (χ2n) is 6.98. The summed E-state index contributed by atoms with van der Waals surface area (Å²) < 4.78 is 2.12. The molecule has 2 N–H and O–H groups in total.